The molecule has 7 heteroatoms. The monoisotopic (exact) mass is 366 g/mol. The van der Waals surface area contributed by atoms with Gasteiger partial charge >= 0.3 is 0 Å². The first kappa shape index (κ1) is 18.7. The zero-order valence-corrected chi connectivity index (χ0v) is 15.8. The number of likely N-dealkylation sites (N-methyl/N-ethyl adjacent to an activating group) is 1. The lowest BCUT2D eigenvalue weighted by Gasteiger charge is -2.15. The molecule has 2 N–H and O–H groups in total. The summed E-state index contributed by atoms with van der Waals surface area (Å²) in [6.45, 7) is 5.51. The number of para-hydroxylation sites is 1. The number of nitrogens with one attached hydrogen (secondary N) is 2. The zero-order chi connectivity index (χ0) is 19.7. The fourth-order valence-corrected chi connectivity index (χ4v) is 3.40. The molecule has 0 atom stereocenters. The van der Waals surface area contributed by atoms with Gasteiger partial charge in [0.1, 0.15) is 5.82 Å². The quantitative estimate of drug-likeness (QED) is 0.653. The van der Waals surface area contributed by atoms with Crippen molar-refractivity contribution in [1.29, 1.82) is 0 Å². The lowest BCUT2D eigenvalue weighted by atomic mass is 10.1. The van der Waals surface area contributed by atoms with E-state index in [-0.39, 0.29) is 23.7 Å². The van der Waals surface area contributed by atoms with Gasteiger partial charge in [-0.3, -0.25) is 19.3 Å². The maximum Gasteiger partial charge on any atom is 0.258 e. The molecule has 2 heterocycles. The number of rotatable bonds is 6. The second kappa shape index (κ2) is 7.28. The van der Waals surface area contributed by atoms with Gasteiger partial charge in [-0.2, -0.15) is 0 Å². The van der Waals surface area contributed by atoms with Gasteiger partial charge in [0.15, 0.2) is 11.6 Å². The van der Waals surface area contributed by atoms with E-state index in [9.17, 15) is 14.4 Å². The molecule has 2 aromatic heterocycles. The molecule has 27 heavy (non-hydrogen) atoms. The number of hydrogen-bond donors (Lipinski definition) is 2. The van der Waals surface area contributed by atoms with Crippen LogP contribution >= 0.6 is 0 Å². The third kappa shape index (κ3) is 3.73. The van der Waals surface area contributed by atoms with Crippen LogP contribution in [-0.4, -0.2) is 45.0 Å². The van der Waals surface area contributed by atoms with Crippen molar-refractivity contribution >= 4 is 22.5 Å². The van der Waals surface area contributed by atoms with Gasteiger partial charge < -0.3 is 9.97 Å². The Labute approximate surface area is 156 Å². The summed E-state index contributed by atoms with van der Waals surface area (Å²) in [5, 5.41) is 0.536. The second-order valence-corrected chi connectivity index (χ2v) is 6.81. The number of aryl methyl sites for hydroxylation is 1. The number of carbonyl (C=O) groups is 2. The van der Waals surface area contributed by atoms with Crippen LogP contribution in [0.5, 0.6) is 0 Å². The van der Waals surface area contributed by atoms with Crippen LogP contribution in [0.1, 0.15) is 44.9 Å². The van der Waals surface area contributed by atoms with E-state index in [1.165, 1.54) is 6.92 Å². The fourth-order valence-electron chi connectivity index (χ4n) is 3.40. The highest BCUT2D eigenvalue weighted by molar-refractivity contribution is 6.03. The number of aromatic nitrogens is 3. The topological polar surface area (TPSA) is 98.9 Å². The molecular weight excluding hydrogens is 344 g/mol. The van der Waals surface area contributed by atoms with Crippen LogP contribution in [0.25, 0.3) is 10.9 Å². The number of Topliss-reactive ketones (excluding diaryl/α,β-unsaturated/α-hetero) is 2. The van der Waals surface area contributed by atoms with Crippen molar-refractivity contribution in [2.24, 2.45) is 0 Å². The number of nitrogens with zero attached hydrogens (tertiary/aromatic N) is 2. The molecule has 0 saturated heterocycles. The zero-order valence-electron chi connectivity index (χ0n) is 15.8. The summed E-state index contributed by atoms with van der Waals surface area (Å²) in [7, 11) is 1.78. The number of aromatic amines is 2. The molecule has 0 aliphatic heterocycles. The minimum atomic E-state index is -0.197. The van der Waals surface area contributed by atoms with Crippen molar-refractivity contribution in [1.82, 2.24) is 19.9 Å². The van der Waals surface area contributed by atoms with Gasteiger partial charge in [0.25, 0.3) is 5.56 Å². The Kier molecular flexibility index (Phi) is 5.05. The van der Waals surface area contributed by atoms with E-state index in [2.05, 4.69) is 15.0 Å². The molecule has 0 fully saturated rings. The Morgan fingerprint density at radius 3 is 2.52 bits per heavy atom. The van der Waals surface area contributed by atoms with Gasteiger partial charge in [0.2, 0.25) is 0 Å². The van der Waals surface area contributed by atoms with Crippen LogP contribution in [-0.2, 0) is 6.54 Å². The predicted molar refractivity (Wildman–Crippen MR) is 103 cm³/mol. The van der Waals surface area contributed by atoms with E-state index >= 15 is 0 Å². The Morgan fingerprint density at radius 2 is 1.85 bits per heavy atom. The molecule has 0 aliphatic carbocycles. The van der Waals surface area contributed by atoms with Crippen molar-refractivity contribution in [3.63, 3.8) is 0 Å². The second-order valence-electron chi connectivity index (χ2n) is 6.81. The lowest BCUT2D eigenvalue weighted by Crippen LogP contribution is -2.28. The highest BCUT2D eigenvalue weighted by atomic mass is 16.1. The van der Waals surface area contributed by atoms with E-state index in [1.807, 2.05) is 6.07 Å². The van der Waals surface area contributed by atoms with Gasteiger partial charge in [-0.05, 0) is 45.5 Å². The minimum absolute atomic E-state index is 0.0633. The van der Waals surface area contributed by atoms with Crippen LogP contribution in [0.15, 0.2) is 29.1 Å². The number of hydrogen-bond acceptors (Lipinski definition) is 5. The van der Waals surface area contributed by atoms with Crippen LogP contribution in [0.2, 0.25) is 0 Å². The Morgan fingerprint density at radius 1 is 1.15 bits per heavy atom. The molecule has 1 aromatic carbocycles. The molecule has 0 bridgehead atoms. The van der Waals surface area contributed by atoms with Crippen molar-refractivity contribution in [3.8, 4) is 0 Å². The Balaban J connectivity index is 1.77. The predicted octanol–water partition coefficient (Wildman–Crippen LogP) is 2.39. The number of H-pyrrole nitrogens is 2. The normalized spacial score (nSPS) is 11.3. The third-order valence-corrected chi connectivity index (χ3v) is 4.56. The maximum atomic E-state index is 12.7. The molecule has 140 valence electrons. The smallest absolute Gasteiger partial charge is 0.258 e. The van der Waals surface area contributed by atoms with Crippen molar-refractivity contribution in [3.05, 3.63) is 63.0 Å². The molecule has 0 amide bonds. The average molecular weight is 366 g/mol. The molecule has 3 rings (SSSR count). The van der Waals surface area contributed by atoms with Crippen molar-refractivity contribution in [2.45, 2.75) is 27.3 Å². The summed E-state index contributed by atoms with van der Waals surface area (Å²) in [5.41, 5.74) is 2.82. The molecule has 0 radical (unpaired) electrons. The van der Waals surface area contributed by atoms with Crippen LogP contribution in [0.3, 0.4) is 0 Å². The van der Waals surface area contributed by atoms with Crippen LogP contribution in [0.4, 0.5) is 0 Å². The summed E-state index contributed by atoms with van der Waals surface area (Å²) >= 11 is 0. The van der Waals surface area contributed by atoms with E-state index in [0.717, 1.165) is 0 Å². The molecule has 0 spiro atoms. The van der Waals surface area contributed by atoms with Crippen LogP contribution in [0, 0.1) is 13.8 Å². The van der Waals surface area contributed by atoms with Gasteiger partial charge in [-0.15, -0.1) is 0 Å². The molecule has 7 nitrogen and oxygen atoms in total. The van der Waals surface area contributed by atoms with Gasteiger partial charge in [0, 0.05) is 11.3 Å². The Bertz CT molecular complexity index is 1090. The number of ketones is 2. The summed E-state index contributed by atoms with van der Waals surface area (Å²) in [4.78, 5) is 48.6. The highest BCUT2D eigenvalue weighted by Gasteiger charge is 2.20. The molecule has 3 aromatic rings. The Hall–Kier alpha value is -3.06. The molecule has 0 saturated carbocycles. The van der Waals surface area contributed by atoms with E-state index in [1.54, 1.807) is 44.0 Å². The average Bonchev–Trinajstić information content (AvgIpc) is 2.89. The fraction of sp³-hybridized carbons (Fsp3) is 0.300. The van der Waals surface area contributed by atoms with Crippen molar-refractivity contribution in [2.75, 3.05) is 13.6 Å². The SMILES string of the molecule is CC(=O)c1c(C)[nH]c(C(=O)CN(C)Cc2nc3ccccc3c(=O)[nH]2)c1C. The largest absolute Gasteiger partial charge is 0.355 e. The number of fused-ring (bicyclic) bond motifs is 1. The van der Waals surface area contributed by atoms with Gasteiger partial charge in [0.05, 0.1) is 29.7 Å². The standard InChI is InChI=1S/C20H22N4O3/c1-11-18(13(3)25)12(2)21-19(11)16(26)9-24(4)10-17-22-15-8-6-5-7-14(15)20(27)23-17/h5-8,21H,9-10H2,1-4H3,(H,22,23,27). The first-order valence-corrected chi connectivity index (χ1v) is 8.67. The number of carbonyl (C=O) groups excluding carboxylic acids is 2. The first-order chi connectivity index (χ1) is 12.8. The van der Waals surface area contributed by atoms with E-state index < -0.39 is 0 Å². The van der Waals surface area contributed by atoms with Gasteiger partial charge in [-0.25, -0.2) is 4.98 Å². The third-order valence-electron chi connectivity index (χ3n) is 4.56. The summed E-state index contributed by atoms with van der Waals surface area (Å²) < 4.78 is 0. The summed E-state index contributed by atoms with van der Waals surface area (Å²) in [6, 6.07) is 7.13. The lowest BCUT2D eigenvalue weighted by molar-refractivity contribution is 0.0936. The highest BCUT2D eigenvalue weighted by Crippen LogP contribution is 2.19. The van der Waals surface area contributed by atoms with E-state index in [4.69, 9.17) is 0 Å². The van der Waals surface area contributed by atoms with Crippen molar-refractivity contribution < 1.29 is 9.59 Å². The summed E-state index contributed by atoms with van der Waals surface area (Å²) in [5.74, 6) is 0.318. The molecule has 0 aliphatic rings. The summed E-state index contributed by atoms with van der Waals surface area (Å²) in [6.07, 6.45) is 0. The molecular formula is C20H22N4O3. The van der Waals surface area contributed by atoms with E-state index in [0.29, 0.717) is 45.8 Å². The minimum Gasteiger partial charge on any atom is -0.355 e. The van der Waals surface area contributed by atoms with Crippen LogP contribution < -0.4 is 5.56 Å². The van der Waals surface area contributed by atoms with Gasteiger partial charge in [-0.1, -0.05) is 12.1 Å². The number of benzene rings is 1. The maximum absolute atomic E-state index is 12.7. The first-order valence-electron chi connectivity index (χ1n) is 8.67. The molecule has 0 unspecified atom stereocenters.